The Bertz CT molecular complexity index is 1080. The van der Waals surface area contributed by atoms with Gasteiger partial charge in [0.05, 0.1) is 16.5 Å². The van der Waals surface area contributed by atoms with Crippen molar-refractivity contribution in [2.75, 3.05) is 24.6 Å². The van der Waals surface area contributed by atoms with Crippen LogP contribution in [-0.4, -0.2) is 44.4 Å². The zero-order chi connectivity index (χ0) is 22.2. The Kier molecular flexibility index (Phi) is 6.28. The Labute approximate surface area is 188 Å². The maximum Gasteiger partial charge on any atom is 0.243 e. The molecule has 1 amide bonds. The normalized spacial score (nSPS) is 20.0. The van der Waals surface area contributed by atoms with Crippen molar-refractivity contribution < 1.29 is 17.9 Å². The number of sulfonamides is 1. The van der Waals surface area contributed by atoms with E-state index in [1.165, 1.54) is 22.0 Å². The Morgan fingerprint density at radius 2 is 1.87 bits per heavy atom. The minimum absolute atomic E-state index is 0.0959. The molecule has 0 aliphatic carbocycles. The molecule has 1 saturated heterocycles. The third-order valence-corrected chi connectivity index (χ3v) is 8.28. The Balaban J connectivity index is 1.45. The van der Waals surface area contributed by atoms with E-state index in [2.05, 4.69) is 13.0 Å². The Morgan fingerprint density at radius 3 is 2.55 bits per heavy atom. The predicted molar refractivity (Wildman–Crippen MR) is 121 cm³/mol. The molecule has 0 spiro atoms. The van der Waals surface area contributed by atoms with Crippen LogP contribution in [0.25, 0.3) is 0 Å². The van der Waals surface area contributed by atoms with Gasteiger partial charge in [-0.15, -0.1) is 0 Å². The van der Waals surface area contributed by atoms with Crippen LogP contribution in [0.1, 0.15) is 32.3 Å². The Morgan fingerprint density at radius 1 is 1.16 bits per heavy atom. The molecule has 1 atom stereocenters. The average molecular weight is 463 g/mol. The van der Waals surface area contributed by atoms with Gasteiger partial charge in [-0.05, 0) is 62.9 Å². The highest BCUT2D eigenvalue weighted by Crippen LogP contribution is 2.35. The van der Waals surface area contributed by atoms with Gasteiger partial charge in [-0.3, -0.25) is 4.79 Å². The molecule has 2 heterocycles. The van der Waals surface area contributed by atoms with E-state index in [9.17, 15) is 13.2 Å². The molecule has 2 aliphatic heterocycles. The third-order valence-electron chi connectivity index (χ3n) is 6.09. The standard InChI is InChI=1S/C23H27ClN2O4S/c1-3-30-22-9-8-19(15-20(22)24)31(28,29)25-12-10-17(11-13-25)23(27)26-16(2)14-18-6-4-5-7-21(18)26/h4-9,15-17H,3,10-14H2,1-2H3/t16-/m0/s1. The molecule has 31 heavy (non-hydrogen) atoms. The summed E-state index contributed by atoms with van der Waals surface area (Å²) < 4.78 is 33.0. The highest BCUT2D eigenvalue weighted by atomic mass is 35.5. The van der Waals surface area contributed by atoms with Crippen molar-refractivity contribution in [3.05, 3.63) is 53.1 Å². The number of carbonyl (C=O) groups is 1. The van der Waals surface area contributed by atoms with Crippen molar-refractivity contribution in [2.24, 2.45) is 5.92 Å². The SMILES string of the molecule is CCOc1ccc(S(=O)(=O)N2CCC(C(=O)N3c4ccccc4C[C@@H]3C)CC2)cc1Cl. The van der Waals surface area contributed by atoms with Crippen molar-refractivity contribution in [1.29, 1.82) is 0 Å². The van der Waals surface area contributed by atoms with E-state index in [1.54, 1.807) is 6.07 Å². The van der Waals surface area contributed by atoms with Crippen molar-refractivity contribution in [3.63, 3.8) is 0 Å². The lowest BCUT2D eigenvalue weighted by Crippen LogP contribution is -2.46. The fourth-order valence-electron chi connectivity index (χ4n) is 4.50. The number of amides is 1. The molecule has 0 saturated carbocycles. The lowest BCUT2D eigenvalue weighted by atomic mass is 9.96. The molecule has 0 unspecified atom stereocenters. The molecule has 0 N–H and O–H groups in total. The molecule has 8 heteroatoms. The number of benzene rings is 2. The first-order valence-corrected chi connectivity index (χ1v) is 12.5. The molecule has 0 aromatic heterocycles. The second kappa shape index (κ2) is 8.81. The highest BCUT2D eigenvalue weighted by Gasteiger charge is 2.38. The van der Waals surface area contributed by atoms with Crippen LogP contribution in [-0.2, 0) is 21.2 Å². The molecular weight excluding hydrogens is 436 g/mol. The number of rotatable bonds is 5. The van der Waals surface area contributed by atoms with Gasteiger partial charge < -0.3 is 9.64 Å². The summed E-state index contributed by atoms with van der Waals surface area (Å²) in [5.41, 5.74) is 2.18. The van der Waals surface area contributed by atoms with Crippen molar-refractivity contribution in [3.8, 4) is 5.75 Å². The molecule has 166 valence electrons. The fraction of sp³-hybridized carbons (Fsp3) is 0.435. The van der Waals surface area contributed by atoms with Gasteiger partial charge in [-0.1, -0.05) is 29.8 Å². The number of hydrogen-bond acceptors (Lipinski definition) is 4. The summed E-state index contributed by atoms with van der Waals surface area (Å²) >= 11 is 6.19. The van der Waals surface area contributed by atoms with E-state index in [0.717, 1.165) is 12.1 Å². The quantitative estimate of drug-likeness (QED) is 0.670. The maximum absolute atomic E-state index is 13.3. The summed E-state index contributed by atoms with van der Waals surface area (Å²) in [6.07, 6.45) is 1.87. The van der Waals surface area contributed by atoms with Gasteiger partial charge in [0.1, 0.15) is 5.75 Å². The predicted octanol–water partition coefficient (Wildman–Crippen LogP) is 4.12. The Hall–Kier alpha value is -2.09. The van der Waals surface area contributed by atoms with Gasteiger partial charge in [0, 0.05) is 30.7 Å². The van der Waals surface area contributed by atoms with Crippen LogP contribution >= 0.6 is 11.6 Å². The third kappa shape index (κ3) is 4.19. The summed E-state index contributed by atoms with van der Waals surface area (Å²) in [5.74, 6) is 0.384. The van der Waals surface area contributed by atoms with Crippen LogP contribution in [0.2, 0.25) is 5.02 Å². The number of fused-ring (bicyclic) bond motifs is 1. The smallest absolute Gasteiger partial charge is 0.243 e. The molecule has 0 bridgehead atoms. The van der Waals surface area contributed by atoms with E-state index in [0.29, 0.717) is 38.3 Å². The number of halogens is 1. The van der Waals surface area contributed by atoms with E-state index in [-0.39, 0.29) is 27.8 Å². The summed E-state index contributed by atoms with van der Waals surface area (Å²) in [4.78, 5) is 15.3. The lowest BCUT2D eigenvalue weighted by Gasteiger charge is -2.34. The van der Waals surface area contributed by atoms with Gasteiger partial charge in [0.15, 0.2) is 0 Å². The van der Waals surface area contributed by atoms with E-state index in [4.69, 9.17) is 16.3 Å². The van der Waals surface area contributed by atoms with Gasteiger partial charge in [-0.2, -0.15) is 4.31 Å². The topological polar surface area (TPSA) is 66.9 Å². The van der Waals surface area contributed by atoms with Crippen LogP contribution in [0.15, 0.2) is 47.4 Å². The lowest BCUT2D eigenvalue weighted by molar-refractivity contribution is -0.123. The van der Waals surface area contributed by atoms with Gasteiger partial charge in [-0.25, -0.2) is 8.42 Å². The van der Waals surface area contributed by atoms with Crippen molar-refractivity contribution in [1.82, 2.24) is 4.31 Å². The first-order valence-electron chi connectivity index (χ1n) is 10.7. The van der Waals surface area contributed by atoms with Crippen molar-refractivity contribution in [2.45, 2.75) is 44.0 Å². The van der Waals surface area contributed by atoms with Crippen LogP contribution in [0, 0.1) is 5.92 Å². The summed E-state index contributed by atoms with van der Waals surface area (Å²) in [5, 5.41) is 0.273. The molecular formula is C23H27ClN2O4S. The zero-order valence-electron chi connectivity index (χ0n) is 17.8. The highest BCUT2D eigenvalue weighted by molar-refractivity contribution is 7.89. The number of carbonyl (C=O) groups excluding carboxylic acids is 1. The van der Waals surface area contributed by atoms with E-state index >= 15 is 0 Å². The average Bonchev–Trinajstić information content (AvgIpc) is 3.10. The molecule has 6 nitrogen and oxygen atoms in total. The molecule has 4 rings (SSSR count). The maximum atomic E-state index is 13.3. The number of anilines is 1. The summed E-state index contributed by atoms with van der Waals surface area (Å²) in [7, 11) is -3.68. The van der Waals surface area contributed by atoms with Crippen LogP contribution in [0.3, 0.4) is 0 Å². The molecule has 2 aromatic carbocycles. The number of nitrogens with zero attached hydrogens (tertiary/aromatic N) is 2. The van der Waals surface area contributed by atoms with Gasteiger partial charge >= 0.3 is 0 Å². The molecule has 0 radical (unpaired) electrons. The molecule has 2 aromatic rings. The first-order chi connectivity index (χ1) is 14.8. The number of hydrogen-bond donors (Lipinski definition) is 0. The summed E-state index contributed by atoms with van der Waals surface area (Å²) in [6.45, 7) is 4.98. The minimum atomic E-state index is -3.68. The largest absolute Gasteiger partial charge is 0.492 e. The first kappa shape index (κ1) is 22.1. The number of piperidine rings is 1. The van der Waals surface area contributed by atoms with Crippen LogP contribution < -0.4 is 9.64 Å². The number of para-hydroxylation sites is 1. The van der Waals surface area contributed by atoms with Crippen LogP contribution in [0.5, 0.6) is 5.75 Å². The molecule has 1 fully saturated rings. The van der Waals surface area contributed by atoms with Gasteiger partial charge in [0.2, 0.25) is 15.9 Å². The van der Waals surface area contributed by atoms with Gasteiger partial charge in [0.25, 0.3) is 0 Å². The zero-order valence-corrected chi connectivity index (χ0v) is 19.3. The monoisotopic (exact) mass is 462 g/mol. The number of ether oxygens (including phenoxy) is 1. The summed E-state index contributed by atoms with van der Waals surface area (Å²) in [6, 6.07) is 12.7. The van der Waals surface area contributed by atoms with E-state index < -0.39 is 10.0 Å². The van der Waals surface area contributed by atoms with Crippen LogP contribution in [0.4, 0.5) is 5.69 Å². The minimum Gasteiger partial charge on any atom is -0.492 e. The second-order valence-electron chi connectivity index (χ2n) is 8.09. The van der Waals surface area contributed by atoms with E-state index in [1.807, 2.05) is 30.0 Å². The molecule has 2 aliphatic rings. The fourth-order valence-corrected chi connectivity index (χ4v) is 6.30. The van der Waals surface area contributed by atoms with Crippen molar-refractivity contribution >= 4 is 33.2 Å². The second-order valence-corrected chi connectivity index (χ2v) is 10.4.